The van der Waals surface area contributed by atoms with Gasteiger partial charge in [-0.25, -0.2) is 0 Å². The van der Waals surface area contributed by atoms with E-state index in [1.807, 2.05) is 0 Å². The van der Waals surface area contributed by atoms with Crippen molar-refractivity contribution in [3.05, 3.63) is 0 Å². The van der Waals surface area contributed by atoms with Crippen molar-refractivity contribution < 1.29 is 0 Å². The molecule has 0 amide bonds. The molecule has 0 bridgehead atoms. The Hall–Kier alpha value is 0.270. The van der Waals surface area contributed by atoms with Crippen LogP contribution in [0.25, 0.3) is 0 Å². The van der Waals surface area contributed by atoms with Gasteiger partial charge in [0.05, 0.1) is 0 Å². The minimum atomic E-state index is 0.171. The highest BCUT2D eigenvalue weighted by molar-refractivity contribution is 7.99. The van der Waals surface area contributed by atoms with Gasteiger partial charge in [-0.05, 0) is 38.0 Å². The molecule has 2 nitrogen and oxygen atoms in total. The summed E-state index contributed by atoms with van der Waals surface area (Å²) in [5, 5.41) is 0. The zero-order valence-corrected chi connectivity index (χ0v) is 13.1. The lowest BCUT2D eigenvalue weighted by molar-refractivity contribution is -0.00629. The Kier molecular flexibility index (Phi) is 5.36. The van der Waals surface area contributed by atoms with E-state index >= 15 is 0 Å². The summed E-state index contributed by atoms with van der Waals surface area (Å²) in [5.74, 6) is 2.46. The van der Waals surface area contributed by atoms with Gasteiger partial charge >= 0.3 is 0 Å². The lowest BCUT2D eigenvalue weighted by Crippen LogP contribution is -2.66. The molecule has 1 saturated heterocycles. The Balaban J connectivity index is 2.92. The van der Waals surface area contributed by atoms with Gasteiger partial charge in [0.25, 0.3) is 0 Å². The van der Waals surface area contributed by atoms with Crippen molar-refractivity contribution in [2.24, 2.45) is 11.1 Å². The van der Waals surface area contributed by atoms with E-state index in [1.165, 1.54) is 30.8 Å². The van der Waals surface area contributed by atoms with Gasteiger partial charge in [0, 0.05) is 23.9 Å². The Morgan fingerprint density at radius 1 is 1.41 bits per heavy atom. The average molecular weight is 258 g/mol. The summed E-state index contributed by atoms with van der Waals surface area (Å²) < 4.78 is 0. The molecule has 0 aromatic heterocycles. The number of thioether (sulfide) groups is 1. The molecule has 0 radical (unpaired) electrons. The molecule has 2 unspecified atom stereocenters. The maximum Gasteiger partial charge on any atom is 0.0472 e. The van der Waals surface area contributed by atoms with Crippen molar-refractivity contribution in [2.75, 3.05) is 25.1 Å². The molecule has 17 heavy (non-hydrogen) atoms. The number of nitrogens with zero attached hydrogens (tertiary/aromatic N) is 1. The fourth-order valence-electron chi connectivity index (χ4n) is 3.09. The second-order valence-corrected chi connectivity index (χ2v) is 7.28. The minimum absolute atomic E-state index is 0.171. The third-order valence-electron chi connectivity index (χ3n) is 4.85. The van der Waals surface area contributed by atoms with Crippen molar-refractivity contribution in [1.82, 2.24) is 4.90 Å². The highest BCUT2D eigenvalue weighted by Gasteiger charge is 2.49. The summed E-state index contributed by atoms with van der Waals surface area (Å²) >= 11 is 2.07. The monoisotopic (exact) mass is 258 g/mol. The molecule has 1 aliphatic rings. The second-order valence-electron chi connectivity index (χ2n) is 6.17. The van der Waals surface area contributed by atoms with Crippen LogP contribution in [0.15, 0.2) is 0 Å². The van der Waals surface area contributed by atoms with Gasteiger partial charge in [-0.1, -0.05) is 27.2 Å². The van der Waals surface area contributed by atoms with E-state index in [0.29, 0.717) is 11.5 Å². The van der Waals surface area contributed by atoms with Crippen molar-refractivity contribution in [3.63, 3.8) is 0 Å². The summed E-state index contributed by atoms with van der Waals surface area (Å²) in [6.45, 7) is 10.2. The van der Waals surface area contributed by atoms with Gasteiger partial charge in [0.15, 0.2) is 0 Å². The zero-order valence-electron chi connectivity index (χ0n) is 12.3. The van der Waals surface area contributed by atoms with Crippen LogP contribution >= 0.6 is 11.8 Å². The number of likely N-dealkylation sites (N-methyl/N-ethyl adjacent to an activating group) is 1. The van der Waals surface area contributed by atoms with Crippen LogP contribution < -0.4 is 5.73 Å². The lowest BCUT2D eigenvalue weighted by Gasteiger charge is -2.56. The molecular formula is C14H30N2S. The van der Waals surface area contributed by atoms with Crippen LogP contribution in [0.4, 0.5) is 0 Å². The summed E-state index contributed by atoms with van der Waals surface area (Å²) in [4.78, 5) is 2.57. The van der Waals surface area contributed by atoms with Crippen LogP contribution in [0.3, 0.4) is 0 Å². The lowest BCUT2D eigenvalue weighted by atomic mass is 9.69. The van der Waals surface area contributed by atoms with Crippen LogP contribution in [0, 0.1) is 5.41 Å². The fraction of sp³-hybridized carbons (Fsp3) is 1.00. The number of nitrogens with two attached hydrogens (primary N) is 1. The van der Waals surface area contributed by atoms with Gasteiger partial charge in [0.1, 0.15) is 0 Å². The van der Waals surface area contributed by atoms with Crippen molar-refractivity contribution in [1.29, 1.82) is 0 Å². The Labute approximate surface area is 112 Å². The maximum atomic E-state index is 6.19. The maximum absolute atomic E-state index is 6.19. The minimum Gasteiger partial charge on any atom is -0.329 e. The quantitative estimate of drug-likeness (QED) is 0.822. The molecule has 2 N–H and O–H groups in total. The van der Waals surface area contributed by atoms with Gasteiger partial charge in [-0.3, -0.25) is 4.90 Å². The third-order valence-corrected chi connectivity index (χ3v) is 6.03. The Bertz CT molecular complexity index is 242. The second kappa shape index (κ2) is 5.94. The first-order valence-electron chi connectivity index (χ1n) is 6.92. The van der Waals surface area contributed by atoms with Crippen LogP contribution in [0.1, 0.15) is 47.0 Å². The van der Waals surface area contributed by atoms with E-state index in [1.54, 1.807) is 0 Å². The van der Waals surface area contributed by atoms with Crippen molar-refractivity contribution in [3.8, 4) is 0 Å². The largest absolute Gasteiger partial charge is 0.329 e. The summed E-state index contributed by atoms with van der Waals surface area (Å²) in [7, 11) is 2.28. The molecular weight excluding hydrogens is 228 g/mol. The third kappa shape index (κ3) is 2.82. The highest BCUT2D eigenvalue weighted by Crippen LogP contribution is 2.45. The molecule has 0 saturated carbocycles. The normalized spacial score (nSPS) is 30.5. The molecule has 0 aromatic carbocycles. The topological polar surface area (TPSA) is 29.3 Å². The van der Waals surface area contributed by atoms with Crippen LogP contribution in [0.5, 0.6) is 0 Å². The van der Waals surface area contributed by atoms with Crippen LogP contribution in [-0.2, 0) is 0 Å². The summed E-state index contributed by atoms with van der Waals surface area (Å²) in [6.07, 6.45) is 3.79. The molecule has 0 aliphatic carbocycles. The van der Waals surface area contributed by atoms with Gasteiger partial charge in [0.2, 0.25) is 0 Å². The van der Waals surface area contributed by atoms with E-state index in [-0.39, 0.29) is 5.54 Å². The molecule has 1 fully saturated rings. The summed E-state index contributed by atoms with van der Waals surface area (Å²) in [6, 6.07) is 0.626. The Morgan fingerprint density at radius 3 is 2.53 bits per heavy atom. The summed E-state index contributed by atoms with van der Waals surface area (Å²) in [5.41, 5.74) is 6.69. The van der Waals surface area contributed by atoms with Gasteiger partial charge in [-0.15, -0.1) is 0 Å². The number of rotatable bonds is 5. The zero-order chi connectivity index (χ0) is 13.1. The number of hydrogen-bond acceptors (Lipinski definition) is 3. The van der Waals surface area contributed by atoms with Crippen molar-refractivity contribution >= 4 is 11.8 Å². The van der Waals surface area contributed by atoms with E-state index in [9.17, 15) is 0 Å². The predicted molar refractivity (Wildman–Crippen MR) is 79.6 cm³/mol. The fourth-order valence-corrected chi connectivity index (χ4v) is 4.94. The van der Waals surface area contributed by atoms with E-state index < -0.39 is 0 Å². The number of hydrogen-bond donors (Lipinski definition) is 1. The van der Waals surface area contributed by atoms with E-state index in [0.717, 1.165) is 6.54 Å². The Morgan fingerprint density at radius 2 is 2.06 bits per heavy atom. The molecule has 2 atom stereocenters. The van der Waals surface area contributed by atoms with Crippen LogP contribution in [-0.4, -0.2) is 41.6 Å². The molecule has 3 heteroatoms. The van der Waals surface area contributed by atoms with E-state index in [4.69, 9.17) is 5.73 Å². The van der Waals surface area contributed by atoms with Gasteiger partial charge < -0.3 is 5.73 Å². The highest BCUT2D eigenvalue weighted by atomic mass is 32.2. The first-order valence-corrected chi connectivity index (χ1v) is 8.07. The SMILES string of the molecule is CCCC(C)N(C)C1(CN)CSCCC1(C)C. The molecule has 0 aromatic rings. The molecule has 1 heterocycles. The molecule has 1 aliphatic heterocycles. The first-order chi connectivity index (χ1) is 7.91. The smallest absolute Gasteiger partial charge is 0.0472 e. The van der Waals surface area contributed by atoms with Crippen molar-refractivity contribution in [2.45, 2.75) is 58.5 Å². The first kappa shape index (κ1) is 15.3. The molecule has 0 spiro atoms. The predicted octanol–water partition coefficient (Wildman–Crippen LogP) is 2.97. The van der Waals surface area contributed by atoms with E-state index in [2.05, 4.69) is 51.4 Å². The van der Waals surface area contributed by atoms with Crippen LogP contribution in [0.2, 0.25) is 0 Å². The molecule has 1 rings (SSSR count). The molecule has 102 valence electrons. The average Bonchev–Trinajstić information content (AvgIpc) is 2.28. The standard InChI is InChI=1S/C14H30N2S/c1-6-7-12(2)16(5)14(10-15)11-17-9-8-13(14,3)4/h12H,6-11,15H2,1-5H3. The van der Waals surface area contributed by atoms with Gasteiger partial charge in [-0.2, -0.15) is 11.8 Å².